The van der Waals surface area contributed by atoms with Gasteiger partial charge in [0.25, 0.3) is 0 Å². The van der Waals surface area contributed by atoms with E-state index < -0.39 is 78.8 Å². The highest BCUT2D eigenvalue weighted by atomic mass is 32.2. The number of thioether (sulfide) groups is 3. The Morgan fingerprint density at radius 3 is 1.82 bits per heavy atom. The number of nitrogens with zero attached hydrogens (tertiary/aromatic N) is 2. The van der Waals surface area contributed by atoms with Gasteiger partial charge >= 0.3 is 24.7 Å². The van der Waals surface area contributed by atoms with E-state index in [1.165, 1.54) is 13.8 Å². The van der Waals surface area contributed by atoms with Crippen molar-refractivity contribution < 1.29 is 66.3 Å². The molecule has 0 aromatic heterocycles. The fraction of sp³-hybridized carbons (Fsp3) is 0.444. The lowest BCUT2D eigenvalue weighted by Crippen LogP contribution is -2.38. The molecule has 1 fully saturated rings. The molecule has 0 atom stereocenters. The third-order valence-corrected chi connectivity index (χ3v) is 9.32. The van der Waals surface area contributed by atoms with Crippen LogP contribution in [0, 0.1) is 25.5 Å². The predicted octanol–water partition coefficient (Wildman–Crippen LogP) is 10.8. The zero-order valence-corrected chi connectivity index (χ0v) is 28.0. The van der Waals surface area contributed by atoms with E-state index in [1.807, 2.05) is 0 Å². The Kier molecular flexibility index (Phi) is 15.0. The number of aryl methyl sites for hydroxylation is 2. The summed E-state index contributed by atoms with van der Waals surface area (Å²) < 4.78 is 176. The van der Waals surface area contributed by atoms with Crippen LogP contribution in [0.3, 0.4) is 0 Å². The summed E-state index contributed by atoms with van der Waals surface area (Å²) in [6.07, 6.45) is -19.6. The van der Waals surface area contributed by atoms with Crippen LogP contribution in [-0.4, -0.2) is 69.5 Å². The van der Waals surface area contributed by atoms with Crippen molar-refractivity contribution in [2.24, 2.45) is 4.99 Å². The highest BCUT2D eigenvalue weighted by Gasteiger charge is 2.39. The maximum Gasteiger partial charge on any atom is 0.406 e. The fourth-order valence-electron chi connectivity index (χ4n) is 3.49. The van der Waals surface area contributed by atoms with Crippen LogP contribution in [-0.2, 0) is 4.79 Å². The highest BCUT2D eigenvalue weighted by Crippen LogP contribution is 2.36. The number of carbonyl (C=O) groups is 1. The highest BCUT2D eigenvalue weighted by molar-refractivity contribution is 8.15. The molecule has 1 aliphatic rings. The van der Waals surface area contributed by atoms with E-state index in [9.17, 15) is 66.3 Å². The van der Waals surface area contributed by atoms with Crippen LogP contribution in [0.15, 0.2) is 39.0 Å². The average Bonchev–Trinajstić information content (AvgIpc) is 3.25. The average molecular weight is 800 g/mol. The number of halogens is 14. The molecule has 0 unspecified atom stereocenters. The summed E-state index contributed by atoms with van der Waals surface area (Å²) in [5.74, 6) is -5.17. The molecule has 0 spiro atoms. The SMILES string of the molecule is Cc1cc(F)c(N=C2SCC(=O)N2CC(F)(F)F)cc1SCC(F)(F)F.Cc1cc(F)c(NC(=S)CCC(F)(F)F)cc1SCC(F)(F)F. The van der Waals surface area contributed by atoms with Crippen molar-refractivity contribution in [2.45, 2.75) is 61.2 Å². The molecule has 1 heterocycles. The number of anilines is 1. The van der Waals surface area contributed by atoms with Crippen molar-refractivity contribution in [3.63, 3.8) is 0 Å². The molecule has 0 bridgehead atoms. The third kappa shape index (κ3) is 16.0. The Morgan fingerprint density at radius 1 is 0.816 bits per heavy atom. The lowest BCUT2D eigenvalue weighted by atomic mass is 10.2. The molecule has 274 valence electrons. The number of nitrogens with one attached hydrogen (secondary N) is 1. The van der Waals surface area contributed by atoms with Gasteiger partial charge in [0, 0.05) is 22.6 Å². The number of rotatable bonds is 9. The first-order chi connectivity index (χ1) is 22.2. The molecule has 22 heteroatoms. The molecular weight excluding hydrogens is 777 g/mol. The Hall–Kier alpha value is -2.46. The molecule has 1 saturated heterocycles. The minimum absolute atomic E-state index is 0.0970. The maximum absolute atomic E-state index is 14.0. The van der Waals surface area contributed by atoms with Crippen LogP contribution >= 0.6 is 47.5 Å². The number of amides is 1. The summed E-state index contributed by atoms with van der Waals surface area (Å²) in [6, 6.07) is 4.10. The molecule has 49 heavy (non-hydrogen) atoms. The zero-order valence-electron chi connectivity index (χ0n) is 24.8. The van der Waals surface area contributed by atoms with Gasteiger partial charge in [-0.15, -0.1) is 23.5 Å². The van der Waals surface area contributed by atoms with Crippen molar-refractivity contribution in [1.82, 2.24) is 4.90 Å². The van der Waals surface area contributed by atoms with Crippen molar-refractivity contribution in [3.05, 3.63) is 47.0 Å². The topological polar surface area (TPSA) is 44.7 Å². The molecule has 0 aliphatic carbocycles. The van der Waals surface area contributed by atoms with Gasteiger partial charge in [-0.05, 0) is 49.2 Å². The minimum atomic E-state index is -4.67. The Bertz CT molecular complexity index is 1520. The second kappa shape index (κ2) is 17.2. The van der Waals surface area contributed by atoms with Crippen molar-refractivity contribution in [1.29, 1.82) is 0 Å². The van der Waals surface area contributed by atoms with E-state index in [4.69, 9.17) is 12.2 Å². The first-order valence-electron chi connectivity index (χ1n) is 13.2. The Labute approximate surface area is 287 Å². The van der Waals surface area contributed by atoms with Gasteiger partial charge in [0.05, 0.1) is 27.9 Å². The first kappa shape index (κ1) is 42.7. The number of alkyl halides is 12. The van der Waals surface area contributed by atoms with Crippen LogP contribution in [0.4, 0.5) is 72.8 Å². The van der Waals surface area contributed by atoms with Crippen LogP contribution in [0.1, 0.15) is 24.0 Å². The normalized spacial score (nSPS) is 15.1. The molecule has 2 aromatic rings. The van der Waals surface area contributed by atoms with Crippen molar-refractivity contribution in [3.8, 4) is 0 Å². The monoisotopic (exact) mass is 799 g/mol. The Balaban J connectivity index is 0.000000343. The van der Waals surface area contributed by atoms with Gasteiger partial charge in [-0.25, -0.2) is 13.8 Å². The molecule has 2 aromatic carbocycles. The second-order valence-electron chi connectivity index (χ2n) is 9.92. The largest absolute Gasteiger partial charge is 0.406 e. The van der Waals surface area contributed by atoms with E-state index in [1.54, 1.807) is 0 Å². The van der Waals surface area contributed by atoms with E-state index in [0.29, 0.717) is 45.7 Å². The van der Waals surface area contributed by atoms with Gasteiger partial charge in [-0.1, -0.05) is 24.0 Å². The van der Waals surface area contributed by atoms with E-state index in [2.05, 4.69) is 10.3 Å². The fourth-order valence-corrected chi connectivity index (χ4v) is 6.21. The van der Waals surface area contributed by atoms with Crippen LogP contribution in [0.2, 0.25) is 0 Å². The maximum atomic E-state index is 14.0. The summed E-state index contributed by atoms with van der Waals surface area (Å²) in [6.45, 7) is 1.27. The summed E-state index contributed by atoms with van der Waals surface area (Å²) in [7, 11) is 0. The number of aliphatic imine (C=N–C) groups is 1. The number of benzene rings is 2. The first-order valence-corrected chi connectivity index (χ1v) is 16.5. The van der Waals surface area contributed by atoms with Crippen LogP contribution in [0.25, 0.3) is 0 Å². The van der Waals surface area contributed by atoms with E-state index in [0.717, 1.165) is 24.3 Å². The number of hydrogen-bond acceptors (Lipinski definition) is 6. The number of thiocarbonyl (C=S) groups is 1. The summed E-state index contributed by atoms with van der Waals surface area (Å²) in [5.41, 5.74) is -0.136. The second-order valence-corrected chi connectivity index (χ2v) is 13.4. The number of carbonyl (C=O) groups excluding carboxylic acids is 1. The quantitative estimate of drug-likeness (QED) is 0.155. The van der Waals surface area contributed by atoms with Gasteiger partial charge in [0.2, 0.25) is 5.91 Å². The molecule has 3 rings (SSSR count). The lowest BCUT2D eigenvalue weighted by Gasteiger charge is -2.18. The summed E-state index contributed by atoms with van der Waals surface area (Å²) in [5, 5.41) is 1.96. The van der Waals surface area contributed by atoms with Crippen molar-refractivity contribution >= 4 is 74.9 Å². The molecular formula is C27H23F14N3OS4. The van der Waals surface area contributed by atoms with E-state index in [-0.39, 0.29) is 37.0 Å². The molecule has 0 saturated carbocycles. The zero-order chi connectivity index (χ0) is 37.5. The van der Waals surface area contributed by atoms with Gasteiger partial charge in [-0.3, -0.25) is 9.69 Å². The lowest BCUT2D eigenvalue weighted by molar-refractivity contribution is -0.150. The van der Waals surface area contributed by atoms with Gasteiger partial charge in [-0.2, -0.15) is 52.7 Å². The molecule has 0 radical (unpaired) electrons. The minimum Gasteiger partial charge on any atom is -0.348 e. The standard InChI is InChI=1S/C14H11F7N2OS2.C13H12F7NS2/c1-7-2-8(15)9(3-10(7)26-6-14(19,20)21)22-12-23(5-13(16,17)18)11(24)4-25-12;1-7-4-8(14)9(5-10(7)23-6-13(18,19)20)21-11(22)2-3-12(15,16)17/h2-3H,4-6H2,1H3;4-5H,2-3,6H2,1H3,(H,21,22). The number of amidine groups is 1. The predicted molar refractivity (Wildman–Crippen MR) is 165 cm³/mol. The van der Waals surface area contributed by atoms with Gasteiger partial charge in [0.1, 0.15) is 23.9 Å². The number of hydrogen-bond donors (Lipinski definition) is 1. The van der Waals surface area contributed by atoms with Gasteiger partial charge < -0.3 is 5.32 Å². The van der Waals surface area contributed by atoms with E-state index >= 15 is 0 Å². The van der Waals surface area contributed by atoms with Crippen LogP contribution in [0.5, 0.6) is 0 Å². The molecule has 4 nitrogen and oxygen atoms in total. The van der Waals surface area contributed by atoms with Crippen LogP contribution < -0.4 is 5.32 Å². The Morgan fingerprint density at radius 2 is 1.33 bits per heavy atom. The van der Waals surface area contributed by atoms with Crippen molar-refractivity contribution in [2.75, 3.05) is 29.1 Å². The molecule has 1 N–H and O–H groups in total. The molecule has 1 aliphatic heterocycles. The third-order valence-electron chi connectivity index (χ3n) is 5.61. The summed E-state index contributed by atoms with van der Waals surface area (Å²) >= 11 is 6.29. The summed E-state index contributed by atoms with van der Waals surface area (Å²) in [4.78, 5) is 15.7. The smallest absolute Gasteiger partial charge is 0.348 e. The van der Waals surface area contributed by atoms with Gasteiger partial charge in [0.15, 0.2) is 5.17 Å². The molecule has 1 amide bonds.